The second-order valence-electron chi connectivity index (χ2n) is 5.45. The Hall–Kier alpha value is -0.580. The Balaban J connectivity index is 2.04. The summed E-state index contributed by atoms with van der Waals surface area (Å²) in [5.74, 6) is 0.930. The van der Waals surface area contributed by atoms with E-state index in [-0.39, 0.29) is 0 Å². The van der Waals surface area contributed by atoms with E-state index in [0.29, 0.717) is 6.04 Å². The van der Waals surface area contributed by atoms with Gasteiger partial charge in [0.1, 0.15) is 5.75 Å². The summed E-state index contributed by atoms with van der Waals surface area (Å²) in [5.41, 5.74) is 1.30. The maximum absolute atomic E-state index is 5.31. The van der Waals surface area contributed by atoms with Crippen molar-refractivity contribution in [2.75, 3.05) is 34.3 Å². The van der Waals surface area contributed by atoms with Crippen molar-refractivity contribution >= 4 is 15.9 Å². The minimum Gasteiger partial charge on any atom is -0.497 e. The normalized spacial score (nSPS) is 20.8. The van der Waals surface area contributed by atoms with Crippen LogP contribution in [0.5, 0.6) is 5.75 Å². The molecule has 3 nitrogen and oxygen atoms in total. The van der Waals surface area contributed by atoms with Crippen molar-refractivity contribution in [3.63, 3.8) is 0 Å². The molecule has 0 amide bonds. The van der Waals surface area contributed by atoms with Crippen LogP contribution in [-0.4, -0.2) is 50.1 Å². The third kappa shape index (κ3) is 3.94. The molecular weight excluding hydrogens is 304 g/mol. The maximum Gasteiger partial charge on any atom is 0.119 e. The first kappa shape index (κ1) is 14.8. The molecule has 0 spiro atoms. The molecule has 0 radical (unpaired) electrons. The molecule has 0 saturated carbocycles. The van der Waals surface area contributed by atoms with Gasteiger partial charge in [-0.25, -0.2) is 0 Å². The molecule has 19 heavy (non-hydrogen) atoms. The number of ether oxygens (including phenoxy) is 1. The average Bonchev–Trinajstić information content (AvgIpc) is 2.41. The Labute approximate surface area is 124 Å². The van der Waals surface area contributed by atoms with Crippen LogP contribution in [0.3, 0.4) is 0 Å². The molecule has 1 saturated heterocycles. The average molecular weight is 327 g/mol. The first-order chi connectivity index (χ1) is 9.10. The first-order valence-corrected chi connectivity index (χ1v) is 7.60. The highest BCUT2D eigenvalue weighted by molar-refractivity contribution is 9.10. The quantitative estimate of drug-likeness (QED) is 0.846. The lowest BCUT2D eigenvalue weighted by Crippen LogP contribution is -2.44. The van der Waals surface area contributed by atoms with Crippen molar-refractivity contribution < 1.29 is 4.74 Å². The zero-order chi connectivity index (χ0) is 13.8. The number of likely N-dealkylation sites (tertiary alicyclic amines) is 1. The van der Waals surface area contributed by atoms with Gasteiger partial charge in [-0.1, -0.05) is 15.9 Å². The molecule has 1 aliphatic heterocycles. The smallest absolute Gasteiger partial charge is 0.119 e. The van der Waals surface area contributed by atoms with Gasteiger partial charge in [-0.05, 0) is 57.2 Å². The van der Waals surface area contributed by atoms with Crippen molar-refractivity contribution in [1.29, 1.82) is 0 Å². The van der Waals surface area contributed by atoms with Gasteiger partial charge in [0, 0.05) is 23.6 Å². The van der Waals surface area contributed by atoms with Gasteiger partial charge in [0.15, 0.2) is 0 Å². The Morgan fingerprint density at radius 3 is 2.89 bits per heavy atom. The first-order valence-electron chi connectivity index (χ1n) is 6.81. The van der Waals surface area contributed by atoms with Gasteiger partial charge in [-0.3, -0.25) is 4.90 Å². The van der Waals surface area contributed by atoms with E-state index in [0.717, 1.165) is 18.8 Å². The third-order valence-corrected chi connectivity index (χ3v) is 4.63. The SMILES string of the molecule is COc1ccc(Br)c(CN2CCCC(N(C)C)C2)c1. The Morgan fingerprint density at radius 1 is 1.42 bits per heavy atom. The van der Waals surface area contributed by atoms with Crippen molar-refractivity contribution in [3.05, 3.63) is 28.2 Å². The zero-order valence-electron chi connectivity index (χ0n) is 12.0. The standard InChI is InChI=1S/C15H23BrN2O/c1-17(2)13-5-4-8-18(11-13)10-12-9-14(19-3)6-7-15(12)16/h6-7,9,13H,4-5,8,10-11H2,1-3H3. The summed E-state index contributed by atoms with van der Waals surface area (Å²) >= 11 is 3.64. The lowest BCUT2D eigenvalue weighted by Gasteiger charge is -2.36. The molecule has 1 atom stereocenters. The molecule has 1 unspecified atom stereocenters. The summed E-state index contributed by atoms with van der Waals surface area (Å²) in [6.45, 7) is 3.33. The second kappa shape index (κ2) is 6.73. The van der Waals surface area contributed by atoms with Gasteiger partial charge in [-0.2, -0.15) is 0 Å². The van der Waals surface area contributed by atoms with Crippen LogP contribution < -0.4 is 4.74 Å². The molecule has 1 aromatic carbocycles. The zero-order valence-corrected chi connectivity index (χ0v) is 13.6. The van der Waals surface area contributed by atoms with E-state index < -0.39 is 0 Å². The number of rotatable bonds is 4. The monoisotopic (exact) mass is 326 g/mol. The topological polar surface area (TPSA) is 15.7 Å². The Kier molecular flexibility index (Phi) is 5.25. The minimum atomic E-state index is 0.679. The van der Waals surface area contributed by atoms with E-state index in [1.54, 1.807) is 7.11 Å². The summed E-state index contributed by atoms with van der Waals surface area (Å²) in [6, 6.07) is 6.87. The van der Waals surface area contributed by atoms with Gasteiger partial charge in [-0.15, -0.1) is 0 Å². The number of nitrogens with zero attached hydrogens (tertiary/aromatic N) is 2. The lowest BCUT2D eigenvalue weighted by molar-refractivity contribution is 0.127. The van der Waals surface area contributed by atoms with E-state index >= 15 is 0 Å². The molecule has 0 bridgehead atoms. The maximum atomic E-state index is 5.31. The number of piperidine rings is 1. The van der Waals surface area contributed by atoms with Crippen LogP contribution >= 0.6 is 15.9 Å². The molecule has 1 aliphatic rings. The highest BCUT2D eigenvalue weighted by atomic mass is 79.9. The van der Waals surface area contributed by atoms with Gasteiger partial charge in [0.2, 0.25) is 0 Å². The highest BCUT2D eigenvalue weighted by Gasteiger charge is 2.21. The molecule has 1 fully saturated rings. The number of likely N-dealkylation sites (N-methyl/N-ethyl adjacent to an activating group) is 1. The molecular formula is C15H23BrN2O. The van der Waals surface area contributed by atoms with Crippen LogP contribution in [0.1, 0.15) is 18.4 Å². The Morgan fingerprint density at radius 2 is 2.21 bits per heavy atom. The number of benzene rings is 1. The lowest BCUT2D eigenvalue weighted by atomic mass is 10.0. The van der Waals surface area contributed by atoms with E-state index in [2.05, 4.69) is 52.0 Å². The van der Waals surface area contributed by atoms with Gasteiger partial charge in [0.25, 0.3) is 0 Å². The van der Waals surface area contributed by atoms with E-state index in [1.165, 1.54) is 29.4 Å². The fourth-order valence-corrected chi connectivity index (χ4v) is 3.01. The summed E-state index contributed by atoms with van der Waals surface area (Å²) in [5, 5.41) is 0. The second-order valence-corrected chi connectivity index (χ2v) is 6.31. The van der Waals surface area contributed by atoms with Crippen molar-refractivity contribution in [3.8, 4) is 5.75 Å². The summed E-state index contributed by atoms with van der Waals surface area (Å²) in [7, 11) is 6.07. The molecule has 106 valence electrons. The van der Waals surface area contributed by atoms with E-state index in [1.807, 2.05) is 6.07 Å². The van der Waals surface area contributed by atoms with Crippen molar-refractivity contribution in [2.45, 2.75) is 25.4 Å². The van der Waals surface area contributed by atoms with Crippen molar-refractivity contribution in [2.24, 2.45) is 0 Å². The van der Waals surface area contributed by atoms with Crippen LogP contribution in [0, 0.1) is 0 Å². The highest BCUT2D eigenvalue weighted by Crippen LogP contribution is 2.25. The van der Waals surface area contributed by atoms with Crippen molar-refractivity contribution in [1.82, 2.24) is 9.80 Å². The molecule has 0 aliphatic carbocycles. The van der Waals surface area contributed by atoms with Crippen LogP contribution in [0.15, 0.2) is 22.7 Å². The largest absolute Gasteiger partial charge is 0.497 e. The molecule has 0 N–H and O–H groups in total. The number of hydrogen-bond acceptors (Lipinski definition) is 3. The molecule has 1 aromatic rings. The molecule has 2 rings (SSSR count). The fraction of sp³-hybridized carbons (Fsp3) is 0.600. The predicted molar refractivity (Wildman–Crippen MR) is 82.7 cm³/mol. The summed E-state index contributed by atoms with van der Waals surface area (Å²) < 4.78 is 6.48. The Bertz CT molecular complexity index is 423. The molecule has 4 heteroatoms. The minimum absolute atomic E-state index is 0.679. The van der Waals surface area contributed by atoms with Crippen LogP contribution in [0.2, 0.25) is 0 Å². The van der Waals surface area contributed by atoms with Crippen LogP contribution in [-0.2, 0) is 6.54 Å². The van der Waals surface area contributed by atoms with Gasteiger partial charge >= 0.3 is 0 Å². The molecule has 1 heterocycles. The molecule has 0 aromatic heterocycles. The van der Waals surface area contributed by atoms with Gasteiger partial charge in [0.05, 0.1) is 7.11 Å². The summed E-state index contributed by atoms with van der Waals surface area (Å²) in [4.78, 5) is 4.88. The van der Waals surface area contributed by atoms with Gasteiger partial charge < -0.3 is 9.64 Å². The number of halogens is 1. The number of methoxy groups -OCH3 is 1. The van der Waals surface area contributed by atoms with E-state index in [4.69, 9.17) is 4.74 Å². The number of hydrogen-bond donors (Lipinski definition) is 0. The third-order valence-electron chi connectivity index (χ3n) is 3.86. The fourth-order valence-electron chi connectivity index (χ4n) is 2.64. The predicted octanol–water partition coefficient (Wildman–Crippen LogP) is 2.98. The summed E-state index contributed by atoms with van der Waals surface area (Å²) in [6.07, 6.45) is 2.59. The van der Waals surface area contributed by atoms with E-state index in [9.17, 15) is 0 Å². The van der Waals surface area contributed by atoms with Crippen LogP contribution in [0.4, 0.5) is 0 Å². The van der Waals surface area contributed by atoms with Crippen LogP contribution in [0.25, 0.3) is 0 Å².